The summed E-state index contributed by atoms with van der Waals surface area (Å²) in [5, 5.41) is 0. The Labute approximate surface area is 87.2 Å². The highest BCUT2D eigenvalue weighted by molar-refractivity contribution is 4.98. The lowest BCUT2D eigenvalue weighted by Gasteiger charge is -2.38. The minimum absolute atomic E-state index is 0.0307. The number of hydrogen-bond acceptors (Lipinski definition) is 2. The van der Waals surface area contributed by atoms with Crippen molar-refractivity contribution < 1.29 is 4.74 Å². The monoisotopic (exact) mass is 197 g/mol. The molecule has 1 aliphatic heterocycles. The molecule has 2 aliphatic rings. The van der Waals surface area contributed by atoms with E-state index in [0.717, 1.165) is 12.3 Å². The summed E-state index contributed by atoms with van der Waals surface area (Å²) in [5.74, 6) is 0.837. The summed E-state index contributed by atoms with van der Waals surface area (Å²) < 4.78 is 6.27. The predicted molar refractivity (Wildman–Crippen MR) is 58.1 cm³/mol. The molecule has 1 spiro atoms. The standard InChI is InChI=1S/C12H23NO/c1-10-4-3-5-12(8-10)7-6-11(2,9-13)14-12/h10H,3-9,13H2,1-2H3. The molecule has 0 aromatic carbocycles. The Hall–Kier alpha value is -0.0800. The van der Waals surface area contributed by atoms with Crippen LogP contribution in [0.2, 0.25) is 0 Å². The SMILES string of the molecule is CC1CCCC2(CCC(C)(CN)O2)C1. The van der Waals surface area contributed by atoms with E-state index in [-0.39, 0.29) is 11.2 Å². The summed E-state index contributed by atoms with van der Waals surface area (Å²) in [5.41, 5.74) is 5.94. The van der Waals surface area contributed by atoms with Crippen molar-refractivity contribution in [1.29, 1.82) is 0 Å². The van der Waals surface area contributed by atoms with Crippen molar-refractivity contribution in [3.8, 4) is 0 Å². The van der Waals surface area contributed by atoms with E-state index >= 15 is 0 Å². The van der Waals surface area contributed by atoms with Crippen molar-refractivity contribution in [2.24, 2.45) is 11.7 Å². The highest BCUT2D eigenvalue weighted by Crippen LogP contribution is 2.47. The fourth-order valence-corrected chi connectivity index (χ4v) is 3.19. The van der Waals surface area contributed by atoms with Gasteiger partial charge in [0.05, 0.1) is 11.2 Å². The van der Waals surface area contributed by atoms with E-state index in [4.69, 9.17) is 10.5 Å². The van der Waals surface area contributed by atoms with Gasteiger partial charge in [0, 0.05) is 6.54 Å². The molecule has 3 atom stereocenters. The van der Waals surface area contributed by atoms with Gasteiger partial charge in [0.25, 0.3) is 0 Å². The Morgan fingerprint density at radius 2 is 2.14 bits per heavy atom. The number of hydrogen-bond donors (Lipinski definition) is 1. The lowest BCUT2D eigenvalue weighted by Crippen LogP contribution is -2.41. The summed E-state index contributed by atoms with van der Waals surface area (Å²) in [7, 11) is 0. The minimum Gasteiger partial charge on any atom is -0.368 e. The molecule has 1 heterocycles. The van der Waals surface area contributed by atoms with Gasteiger partial charge in [0.1, 0.15) is 0 Å². The van der Waals surface area contributed by atoms with Crippen LogP contribution in [0.3, 0.4) is 0 Å². The highest BCUT2D eigenvalue weighted by atomic mass is 16.5. The summed E-state index contributed by atoms with van der Waals surface area (Å²) in [6.45, 7) is 5.19. The minimum atomic E-state index is -0.0307. The Bertz CT molecular complexity index is 218. The second-order valence-corrected chi connectivity index (χ2v) is 5.64. The van der Waals surface area contributed by atoms with Crippen LogP contribution >= 0.6 is 0 Å². The summed E-state index contributed by atoms with van der Waals surface area (Å²) in [4.78, 5) is 0. The molecule has 2 fully saturated rings. The molecule has 2 nitrogen and oxygen atoms in total. The van der Waals surface area contributed by atoms with Crippen molar-refractivity contribution in [1.82, 2.24) is 0 Å². The smallest absolute Gasteiger partial charge is 0.0784 e. The Morgan fingerprint density at radius 3 is 2.71 bits per heavy atom. The molecule has 14 heavy (non-hydrogen) atoms. The normalized spacial score (nSPS) is 48.6. The second-order valence-electron chi connectivity index (χ2n) is 5.64. The van der Waals surface area contributed by atoms with Crippen molar-refractivity contribution >= 4 is 0 Å². The molecule has 82 valence electrons. The molecule has 3 unspecified atom stereocenters. The van der Waals surface area contributed by atoms with Crippen LogP contribution in [0.25, 0.3) is 0 Å². The third-order valence-electron chi connectivity index (χ3n) is 4.05. The molecule has 0 radical (unpaired) electrons. The van der Waals surface area contributed by atoms with Gasteiger partial charge in [-0.05, 0) is 38.5 Å². The quantitative estimate of drug-likeness (QED) is 0.701. The van der Waals surface area contributed by atoms with Crippen LogP contribution in [0.15, 0.2) is 0 Å². The van der Waals surface area contributed by atoms with Crippen LogP contribution in [0.1, 0.15) is 52.4 Å². The fourth-order valence-electron chi connectivity index (χ4n) is 3.19. The van der Waals surface area contributed by atoms with E-state index in [1.54, 1.807) is 0 Å². The summed E-state index contributed by atoms with van der Waals surface area (Å²) in [6.07, 6.45) is 7.60. The lowest BCUT2D eigenvalue weighted by molar-refractivity contribution is -0.114. The molecule has 1 saturated heterocycles. The largest absolute Gasteiger partial charge is 0.368 e. The maximum atomic E-state index is 6.27. The van der Waals surface area contributed by atoms with Gasteiger partial charge in [0.2, 0.25) is 0 Å². The van der Waals surface area contributed by atoms with Crippen LogP contribution in [-0.4, -0.2) is 17.7 Å². The third kappa shape index (κ3) is 1.82. The van der Waals surface area contributed by atoms with Crippen LogP contribution < -0.4 is 5.73 Å². The first-order valence-corrected chi connectivity index (χ1v) is 5.98. The molecule has 0 bridgehead atoms. The van der Waals surface area contributed by atoms with Crippen LogP contribution in [-0.2, 0) is 4.74 Å². The van der Waals surface area contributed by atoms with Gasteiger partial charge in [-0.25, -0.2) is 0 Å². The molecular formula is C12H23NO. The van der Waals surface area contributed by atoms with Gasteiger partial charge in [-0.15, -0.1) is 0 Å². The van der Waals surface area contributed by atoms with Crippen molar-refractivity contribution in [3.63, 3.8) is 0 Å². The van der Waals surface area contributed by atoms with E-state index in [9.17, 15) is 0 Å². The zero-order valence-electron chi connectivity index (χ0n) is 9.51. The van der Waals surface area contributed by atoms with E-state index < -0.39 is 0 Å². The first-order valence-electron chi connectivity index (χ1n) is 5.98. The van der Waals surface area contributed by atoms with E-state index in [2.05, 4.69) is 13.8 Å². The van der Waals surface area contributed by atoms with Gasteiger partial charge in [-0.2, -0.15) is 0 Å². The van der Waals surface area contributed by atoms with Gasteiger partial charge < -0.3 is 10.5 Å². The molecule has 0 aromatic rings. The Balaban J connectivity index is 2.04. The highest BCUT2D eigenvalue weighted by Gasteiger charge is 2.47. The van der Waals surface area contributed by atoms with Gasteiger partial charge in [-0.1, -0.05) is 19.8 Å². The number of ether oxygens (including phenoxy) is 1. The number of nitrogens with two attached hydrogens (primary N) is 1. The maximum absolute atomic E-state index is 6.27. The Kier molecular flexibility index (Phi) is 2.61. The summed E-state index contributed by atoms with van der Waals surface area (Å²) in [6, 6.07) is 0. The molecule has 2 heteroatoms. The van der Waals surface area contributed by atoms with Crippen LogP contribution in [0.4, 0.5) is 0 Å². The van der Waals surface area contributed by atoms with E-state index in [0.29, 0.717) is 6.54 Å². The molecule has 0 aromatic heterocycles. The third-order valence-corrected chi connectivity index (χ3v) is 4.05. The van der Waals surface area contributed by atoms with Crippen molar-refractivity contribution in [3.05, 3.63) is 0 Å². The molecule has 1 saturated carbocycles. The molecular weight excluding hydrogens is 174 g/mol. The van der Waals surface area contributed by atoms with Crippen molar-refractivity contribution in [2.75, 3.05) is 6.54 Å². The zero-order valence-corrected chi connectivity index (χ0v) is 9.51. The average molecular weight is 197 g/mol. The van der Waals surface area contributed by atoms with Gasteiger partial charge in [-0.3, -0.25) is 0 Å². The molecule has 1 aliphatic carbocycles. The van der Waals surface area contributed by atoms with Gasteiger partial charge >= 0.3 is 0 Å². The second kappa shape index (κ2) is 3.49. The topological polar surface area (TPSA) is 35.2 Å². The first kappa shape index (κ1) is 10.4. The fraction of sp³-hybridized carbons (Fsp3) is 1.00. The van der Waals surface area contributed by atoms with Crippen molar-refractivity contribution in [2.45, 2.75) is 63.6 Å². The molecule has 2 rings (SSSR count). The number of rotatable bonds is 1. The lowest BCUT2D eigenvalue weighted by atomic mass is 9.77. The molecule has 0 amide bonds. The van der Waals surface area contributed by atoms with Gasteiger partial charge in [0.15, 0.2) is 0 Å². The average Bonchev–Trinajstić information content (AvgIpc) is 2.45. The Morgan fingerprint density at radius 1 is 1.36 bits per heavy atom. The zero-order chi connectivity index (χ0) is 10.2. The summed E-state index contributed by atoms with van der Waals surface area (Å²) >= 11 is 0. The van der Waals surface area contributed by atoms with E-state index in [1.807, 2.05) is 0 Å². The maximum Gasteiger partial charge on any atom is 0.0784 e. The molecule has 2 N–H and O–H groups in total. The van der Waals surface area contributed by atoms with E-state index in [1.165, 1.54) is 32.1 Å². The predicted octanol–water partition coefficient (Wildman–Crippen LogP) is 2.46. The van der Waals surface area contributed by atoms with Crippen LogP contribution in [0.5, 0.6) is 0 Å². The van der Waals surface area contributed by atoms with Crippen LogP contribution in [0, 0.1) is 5.92 Å². The first-order chi connectivity index (χ1) is 6.58.